The fourth-order valence-electron chi connectivity index (χ4n) is 2.42. The van der Waals surface area contributed by atoms with Crippen LogP contribution in [-0.2, 0) is 4.74 Å². The van der Waals surface area contributed by atoms with Crippen LogP contribution in [0.1, 0.15) is 33.3 Å². The van der Waals surface area contributed by atoms with Crippen molar-refractivity contribution in [1.29, 1.82) is 5.41 Å². The predicted octanol–water partition coefficient (Wildman–Crippen LogP) is 3.76. The second kappa shape index (κ2) is 7.20. The number of hydrogen-bond acceptors (Lipinski definition) is 4. The largest absolute Gasteiger partial charge is 0.462 e. The van der Waals surface area contributed by atoms with Crippen LogP contribution in [0.25, 0.3) is 10.1 Å². The Balaban J connectivity index is 2.04. The van der Waals surface area contributed by atoms with Crippen molar-refractivity contribution in [1.82, 2.24) is 0 Å². The van der Waals surface area contributed by atoms with Gasteiger partial charge in [0.25, 0.3) is 0 Å². The lowest BCUT2D eigenvalue weighted by Gasteiger charge is -2.03. The number of amidine groups is 1. The molecule has 0 saturated carbocycles. The summed E-state index contributed by atoms with van der Waals surface area (Å²) in [7, 11) is 0. The van der Waals surface area contributed by atoms with Crippen LogP contribution in [0.15, 0.2) is 48.5 Å². The summed E-state index contributed by atoms with van der Waals surface area (Å²) in [4.78, 5) is 12.8. The lowest BCUT2D eigenvalue weighted by molar-refractivity contribution is 0.0526. The number of hydrogen-bond donors (Lipinski definition) is 2. The highest BCUT2D eigenvalue weighted by molar-refractivity contribution is 7.20. The molecule has 0 fully saturated rings. The number of thiophene rings is 1. The molecule has 0 saturated heterocycles. The van der Waals surface area contributed by atoms with E-state index in [-0.39, 0.29) is 11.8 Å². The zero-order valence-electron chi connectivity index (χ0n) is 13.6. The van der Waals surface area contributed by atoms with Gasteiger partial charge in [-0.15, -0.1) is 11.3 Å². The van der Waals surface area contributed by atoms with Crippen LogP contribution < -0.4 is 5.73 Å². The molecule has 124 valence electrons. The van der Waals surface area contributed by atoms with Crippen LogP contribution >= 0.6 is 11.3 Å². The summed E-state index contributed by atoms with van der Waals surface area (Å²) in [6.45, 7) is 2.10. The third-order valence-electron chi connectivity index (χ3n) is 3.58. The van der Waals surface area contributed by atoms with Crippen LogP contribution in [0.3, 0.4) is 0 Å². The minimum absolute atomic E-state index is 0.0489. The summed E-state index contributed by atoms with van der Waals surface area (Å²) in [5.41, 5.74) is 7.50. The van der Waals surface area contributed by atoms with Crippen molar-refractivity contribution < 1.29 is 9.53 Å². The van der Waals surface area contributed by atoms with Gasteiger partial charge in [-0.3, -0.25) is 5.41 Å². The summed E-state index contributed by atoms with van der Waals surface area (Å²) in [6.07, 6.45) is 0. The monoisotopic (exact) mass is 348 g/mol. The molecule has 0 atom stereocenters. The summed E-state index contributed by atoms with van der Waals surface area (Å²) >= 11 is 1.46. The zero-order valence-corrected chi connectivity index (χ0v) is 14.4. The second-order valence-electron chi connectivity index (χ2n) is 5.26. The minimum atomic E-state index is -0.375. The van der Waals surface area contributed by atoms with E-state index >= 15 is 0 Å². The molecule has 3 rings (SSSR count). The molecule has 1 aromatic heterocycles. The van der Waals surface area contributed by atoms with Gasteiger partial charge in [-0.2, -0.15) is 0 Å². The number of ether oxygens (including phenoxy) is 1. The van der Waals surface area contributed by atoms with E-state index < -0.39 is 0 Å². The molecule has 4 nitrogen and oxygen atoms in total. The third kappa shape index (κ3) is 3.54. The first-order chi connectivity index (χ1) is 12.1. The maximum absolute atomic E-state index is 12.0. The molecule has 25 heavy (non-hydrogen) atoms. The molecule has 5 heteroatoms. The number of esters is 1. The molecule has 0 spiro atoms. The molecule has 0 bridgehead atoms. The summed E-state index contributed by atoms with van der Waals surface area (Å²) < 4.78 is 6.10. The Labute approximate surface area is 149 Å². The van der Waals surface area contributed by atoms with E-state index in [1.54, 1.807) is 25.1 Å². The van der Waals surface area contributed by atoms with Crippen LogP contribution in [-0.4, -0.2) is 18.4 Å². The molecule has 2 aromatic carbocycles. The van der Waals surface area contributed by atoms with Gasteiger partial charge >= 0.3 is 5.97 Å². The third-order valence-corrected chi connectivity index (χ3v) is 4.71. The van der Waals surface area contributed by atoms with Gasteiger partial charge < -0.3 is 10.5 Å². The highest BCUT2D eigenvalue weighted by atomic mass is 32.1. The maximum Gasteiger partial charge on any atom is 0.339 e. The van der Waals surface area contributed by atoms with Crippen LogP contribution in [0.5, 0.6) is 0 Å². The fraction of sp³-hybridized carbons (Fsp3) is 0.100. The van der Waals surface area contributed by atoms with Gasteiger partial charge in [-0.05, 0) is 37.3 Å². The molecular formula is C20H16N2O2S. The molecule has 0 amide bonds. The fourth-order valence-corrected chi connectivity index (χ4v) is 3.37. The Kier molecular flexibility index (Phi) is 4.82. The van der Waals surface area contributed by atoms with Crippen LogP contribution in [0, 0.1) is 17.3 Å². The van der Waals surface area contributed by atoms with E-state index in [9.17, 15) is 4.79 Å². The van der Waals surface area contributed by atoms with E-state index in [2.05, 4.69) is 11.8 Å². The van der Waals surface area contributed by atoms with E-state index in [4.69, 9.17) is 15.9 Å². The van der Waals surface area contributed by atoms with Crippen molar-refractivity contribution in [2.45, 2.75) is 6.92 Å². The Bertz CT molecular complexity index is 1020. The predicted molar refractivity (Wildman–Crippen MR) is 101 cm³/mol. The Morgan fingerprint density at radius 3 is 2.64 bits per heavy atom. The SMILES string of the molecule is CCOC(=O)c1ccccc1C#Cc1cccc2sc(C(=N)N)cc12. The highest BCUT2D eigenvalue weighted by Gasteiger charge is 2.10. The Morgan fingerprint density at radius 2 is 1.88 bits per heavy atom. The van der Waals surface area contributed by atoms with E-state index in [1.807, 2.05) is 30.3 Å². The number of carbonyl (C=O) groups excluding carboxylic acids is 1. The number of nitrogens with two attached hydrogens (primary N) is 1. The number of nitrogens with one attached hydrogen (secondary N) is 1. The standard InChI is InChI=1S/C20H16N2O2S/c1-2-24-20(23)15-8-4-3-6-13(15)10-11-14-7-5-9-17-16(14)12-18(25-17)19(21)22/h3-9,12H,2H2,1H3,(H3,21,22). The first-order valence-corrected chi connectivity index (χ1v) is 8.57. The lowest BCUT2D eigenvalue weighted by atomic mass is 10.1. The number of fused-ring (bicyclic) bond motifs is 1. The van der Waals surface area contributed by atoms with Crippen molar-refractivity contribution >= 4 is 33.2 Å². The van der Waals surface area contributed by atoms with Crippen LogP contribution in [0.2, 0.25) is 0 Å². The number of rotatable bonds is 3. The molecule has 3 N–H and O–H groups in total. The molecule has 0 radical (unpaired) electrons. The van der Waals surface area contributed by atoms with Gasteiger partial charge in [0.05, 0.1) is 17.0 Å². The number of benzene rings is 2. The van der Waals surface area contributed by atoms with Gasteiger partial charge in [-0.1, -0.05) is 30.0 Å². The minimum Gasteiger partial charge on any atom is -0.462 e. The van der Waals surface area contributed by atoms with Crippen molar-refractivity contribution in [2.24, 2.45) is 5.73 Å². The van der Waals surface area contributed by atoms with Gasteiger partial charge in [0.2, 0.25) is 0 Å². The van der Waals surface area contributed by atoms with Crippen molar-refractivity contribution in [3.63, 3.8) is 0 Å². The Morgan fingerprint density at radius 1 is 1.16 bits per heavy atom. The van der Waals surface area contributed by atoms with Gasteiger partial charge in [0.1, 0.15) is 5.84 Å². The van der Waals surface area contributed by atoms with Crippen molar-refractivity contribution in [2.75, 3.05) is 6.61 Å². The maximum atomic E-state index is 12.0. The summed E-state index contributed by atoms with van der Waals surface area (Å²) in [5, 5.41) is 8.55. The van der Waals surface area contributed by atoms with Gasteiger partial charge in [0, 0.05) is 21.2 Å². The number of carbonyl (C=O) groups is 1. The topological polar surface area (TPSA) is 76.2 Å². The molecule has 0 aliphatic rings. The van der Waals surface area contributed by atoms with Crippen molar-refractivity contribution in [3.05, 3.63) is 70.1 Å². The summed E-state index contributed by atoms with van der Waals surface area (Å²) in [5.74, 6) is 5.87. The Hall–Kier alpha value is -3.10. The first-order valence-electron chi connectivity index (χ1n) is 7.75. The lowest BCUT2D eigenvalue weighted by Crippen LogP contribution is -2.08. The van der Waals surface area contributed by atoms with Crippen LogP contribution in [0.4, 0.5) is 0 Å². The zero-order chi connectivity index (χ0) is 17.8. The van der Waals surface area contributed by atoms with E-state index in [0.29, 0.717) is 17.7 Å². The van der Waals surface area contributed by atoms with E-state index in [0.717, 1.165) is 20.5 Å². The molecule has 1 heterocycles. The average molecular weight is 348 g/mol. The van der Waals surface area contributed by atoms with Gasteiger partial charge in [-0.25, -0.2) is 4.79 Å². The number of nitrogen functional groups attached to an aromatic ring is 1. The molecule has 0 aliphatic carbocycles. The quantitative estimate of drug-likeness (QED) is 0.327. The van der Waals surface area contributed by atoms with Gasteiger partial charge in [0.15, 0.2) is 0 Å². The normalized spacial score (nSPS) is 10.1. The smallest absolute Gasteiger partial charge is 0.339 e. The molecule has 3 aromatic rings. The molecule has 0 aliphatic heterocycles. The molecular weight excluding hydrogens is 332 g/mol. The highest BCUT2D eigenvalue weighted by Crippen LogP contribution is 2.27. The van der Waals surface area contributed by atoms with E-state index in [1.165, 1.54) is 11.3 Å². The van der Waals surface area contributed by atoms with Crippen molar-refractivity contribution in [3.8, 4) is 11.8 Å². The average Bonchev–Trinajstić information content (AvgIpc) is 3.05. The second-order valence-corrected chi connectivity index (χ2v) is 6.34. The molecule has 0 unspecified atom stereocenters. The first kappa shape index (κ1) is 16.7. The summed E-state index contributed by atoms with van der Waals surface area (Å²) in [6, 6.07) is 14.8.